The highest BCUT2D eigenvalue weighted by Crippen LogP contribution is 2.16. The maximum atomic E-state index is 11.7. The minimum Gasteiger partial charge on any atom is -0.481 e. The van der Waals surface area contributed by atoms with Crippen LogP contribution in [-0.2, 0) is 14.3 Å². The van der Waals surface area contributed by atoms with Crippen molar-refractivity contribution in [2.45, 2.75) is 18.9 Å². The molecule has 6 nitrogen and oxygen atoms in total. The summed E-state index contributed by atoms with van der Waals surface area (Å²) in [5.41, 5.74) is 0. The molecule has 0 aromatic heterocycles. The van der Waals surface area contributed by atoms with Crippen LogP contribution in [0.15, 0.2) is 0 Å². The summed E-state index contributed by atoms with van der Waals surface area (Å²) in [6.45, 7) is 2.32. The minimum absolute atomic E-state index is 0.0690. The molecule has 2 saturated heterocycles. The van der Waals surface area contributed by atoms with Crippen LogP contribution in [0.25, 0.3) is 0 Å². The Morgan fingerprint density at radius 1 is 1.41 bits per heavy atom. The van der Waals surface area contributed by atoms with E-state index in [1.54, 1.807) is 0 Å². The van der Waals surface area contributed by atoms with E-state index in [-0.39, 0.29) is 18.6 Å². The van der Waals surface area contributed by atoms with Crippen molar-refractivity contribution in [3.8, 4) is 0 Å². The average Bonchev–Trinajstić information content (AvgIpc) is 2.88. The molecule has 0 aliphatic carbocycles. The molecule has 17 heavy (non-hydrogen) atoms. The lowest BCUT2D eigenvalue weighted by Crippen LogP contribution is -2.43. The second-order valence-electron chi connectivity index (χ2n) is 4.72. The molecule has 3 N–H and O–H groups in total. The molecule has 1 amide bonds. The maximum absolute atomic E-state index is 11.7. The second-order valence-corrected chi connectivity index (χ2v) is 4.72. The van der Waals surface area contributed by atoms with Crippen LogP contribution < -0.4 is 10.6 Å². The van der Waals surface area contributed by atoms with Gasteiger partial charge in [0.05, 0.1) is 19.3 Å². The Hall–Kier alpha value is -1.14. The van der Waals surface area contributed by atoms with Crippen molar-refractivity contribution in [1.82, 2.24) is 10.6 Å². The molecule has 2 fully saturated rings. The van der Waals surface area contributed by atoms with Gasteiger partial charge in [-0.05, 0) is 25.4 Å². The van der Waals surface area contributed by atoms with Gasteiger partial charge in [-0.15, -0.1) is 0 Å². The molecule has 0 spiro atoms. The first kappa shape index (κ1) is 12.3. The Morgan fingerprint density at radius 3 is 2.88 bits per heavy atom. The highest BCUT2D eigenvalue weighted by atomic mass is 16.5. The van der Waals surface area contributed by atoms with E-state index in [1.165, 1.54) is 0 Å². The van der Waals surface area contributed by atoms with Crippen LogP contribution in [0.4, 0.5) is 0 Å². The largest absolute Gasteiger partial charge is 0.481 e. The fraction of sp³-hybridized carbons (Fsp3) is 0.818. The molecule has 2 heterocycles. The monoisotopic (exact) mass is 242 g/mol. The summed E-state index contributed by atoms with van der Waals surface area (Å²) >= 11 is 0. The molecule has 96 valence electrons. The number of carbonyl (C=O) groups is 2. The molecule has 0 bridgehead atoms. The molecule has 0 radical (unpaired) electrons. The third kappa shape index (κ3) is 3.17. The molecule has 0 aromatic carbocycles. The van der Waals surface area contributed by atoms with Crippen molar-refractivity contribution in [1.29, 1.82) is 0 Å². The number of carboxylic acid groups (broad SMARTS) is 1. The van der Waals surface area contributed by atoms with Crippen molar-refractivity contribution in [2.75, 3.05) is 26.3 Å². The average molecular weight is 242 g/mol. The van der Waals surface area contributed by atoms with E-state index in [0.717, 1.165) is 19.5 Å². The Labute approximate surface area is 99.7 Å². The Kier molecular flexibility index (Phi) is 3.96. The Bertz CT molecular complexity index is 302. The first-order valence-electron chi connectivity index (χ1n) is 5.97. The van der Waals surface area contributed by atoms with Gasteiger partial charge in [-0.25, -0.2) is 0 Å². The summed E-state index contributed by atoms with van der Waals surface area (Å²) in [4.78, 5) is 22.6. The Morgan fingerprint density at radius 2 is 2.24 bits per heavy atom. The first-order chi connectivity index (χ1) is 8.16. The van der Waals surface area contributed by atoms with Gasteiger partial charge in [-0.1, -0.05) is 0 Å². The lowest BCUT2D eigenvalue weighted by Gasteiger charge is -2.16. The summed E-state index contributed by atoms with van der Waals surface area (Å²) in [6, 6.07) is -0.380. The molecule has 2 aliphatic heterocycles. The number of ether oxygens (including phenoxy) is 1. The van der Waals surface area contributed by atoms with Crippen LogP contribution in [0.5, 0.6) is 0 Å². The molecule has 3 atom stereocenters. The normalized spacial score (nSPS) is 32.6. The molecule has 6 heteroatoms. The van der Waals surface area contributed by atoms with E-state index < -0.39 is 11.9 Å². The zero-order chi connectivity index (χ0) is 12.3. The van der Waals surface area contributed by atoms with Gasteiger partial charge in [0.2, 0.25) is 5.91 Å². The van der Waals surface area contributed by atoms with Gasteiger partial charge in [-0.3, -0.25) is 9.59 Å². The van der Waals surface area contributed by atoms with Crippen LogP contribution in [0.3, 0.4) is 0 Å². The van der Waals surface area contributed by atoms with Gasteiger partial charge < -0.3 is 20.5 Å². The smallest absolute Gasteiger partial charge is 0.311 e. The summed E-state index contributed by atoms with van der Waals surface area (Å²) in [5, 5.41) is 14.9. The van der Waals surface area contributed by atoms with Gasteiger partial charge in [-0.2, -0.15) is 0 Å². The van der Waals surface area contributed by atoms with Crippen LogP contribution in [-0.4, -0.2) is 49.3 Å². The molecular weight excluding hydrogens is 224 g/mol. The van der Waals surface area contributed by atoms with E-state index in [1.807, 2.05) is 0 Å². The standard InChI is InChI=1S/C11H18N2O4/c14-10(3-7-1-2-12-4-7)13-9-6-17-5-8(9)11(15)16/h7-9,12H,1-6H2,(H,13,14)(H,15,16). The predicted octanol–water partition coefficient (Wildman–Crippen LogP) is -0.798. The van der Waals surface area contributed by atoms with Crippen LogP contribution in [0, 0.1) is 11.8 Å². The number of carbonyl (C=O) groups excluding carboxylic acids is 1. The number of rotatable bonds is 4. The first-order valence-corrected chi connectivity index (χ1v) is 5.97. The third-order valence-electron chi connectivity index (χ3n) is 3.38. The van der Waals surface area contributed by atoms with Crippen molar-refractivity contribution < 1.29 is 19.4 Å². The van der Waals surface area contributed by atoms with Crippen LogP contribution in [0.2, 0.25) is 0 Å². The van der Waals surface area contributed by atoms with E-state index >= 15 is 0 Å². The zero-order valence-electron chi connectivity index (χ0n) is 9.65. The van der Waals surface area contributed by atoms with Crippen molar-refractivity contribution in [2.24, 2.45) is 11.8 Å². The van der Waals surface area contributed by atoms with E-state index in [0.29, 0.717) is 18.9 Å². The summed E-state index contributed by atoms with van der Waals surface area (Å²) in [6.07, 6.45) is 1.48. The fourth-order valence-electron chi connectivity index (χ4n) is 2.36. The number of amides is 1. The topological polar surface area (TPSA) is 87.7 Å². The SMILES string of the molecule is O=C(CC1CCNC1)NC1COCC1C(=O)O. The highest BCUT2D eigenvalue weighted by Gasteiger charge is 2.35. The van der Waals surface area contributed by atoms with Gasteiger partial charge in [0.25, 0.3) is 0 Å². The molecular formula is C11H18N2O4. The van der Waals surface area contributed by atoms with E-state index in [9.17, 15) is 9.59 Å². The van der Waals surface area contributed by atoms with Gasteiger partial charge in [0, 0.05) is 6.42 Å². The number of hydrogen-bond donors (Lipinski definition) is 3. The zero-order valence-corrected chi connectivity index (χ0v) is 9.65. The molecule has 0 aromatic rings. The summed E-state index contributed by atoms with van der Waals surface area (Å²) < 4.78 is 5.09. The maximum Gasteiger partial charge on any atom is 0.311 e. The van der Waals surface area contributed by atoms with Gasteiger partial charge in [0.1, 0.15) is 5.92 Å². The highest BCUT2D eigenvalue weighted by molar-refractivity contribution is 5.78. The molecule has 2 rings (SSSR count). The van der Waals surface area contributed by atoms with Crippen molar-refractivity contribution in [3.63, 3.8) is 0 Å². The second kappa shape index (κ2) is 5.46. The minimum atomic E-state index is -0.907. The fourth-order valence-corrected chi connectivity index (χ4v) is 2.36. The van der Waals surface area contributed by atoms with Crippen molar-refractivity contribution in [3.05, 3.63) is 0 Å². The van der Waals surface area contributed by atoms with E-state index in [2.05, 4.69) is 10.6 Å². The Balaban J connectivity index is 1.79. The van der Waals surface area contributed by atoms with Crippen LogP contribution in [0.1, 0.15) is 12.8 Å². The summed E-state index contributed by atoms with van der Waals surface area (Å²) in [7, 11) is 0. The number of aliphatic carboxylic acids is 1. The predicted molar refractivity (Wildman–Crippen MR) is 59.5 cm³/mol. The van der Waals surface area contributed by atoms with E-state index in [4.69, 9.17) is 9.84 Å². The molecule has 0 saturated carbocycles. The lowest BCUT2D eigenvalue weighted by molar-refractivity contribution is -0.142. The third-order valence-corrected chi connectivity index (χ3v) is 3.38. The van der Waals surface area contributed by atoms with Gasteiger partial charge >= 0.3 is 5.97 Å². The van der Waals surface area contributed by atoms with Crippen molar-refractivity contribution >= 4 is 11.9 Å². The quantitative estimate of drug-likeness (QED) is 0.601. The molecule has 2 aliphatic rings. The number of nitrogens with one attached hydrogen (secondary N) is 2. The van der Waals surface area contributed by atoms with Gasteiger partial charge in [0.15, 0.2) is 0 Å². The van der Waals surface area contributed by atoms with Crippen LogP contribution >= 0.6 is 0 Å². The molecule has 3 unspecified atom stereocenters. The lowest BCUT2D eigenvalue weighted by atomic mass is 10.0. The number of hydrogen-bond acceptors (Lipinski definition) is 4. The summed E-state index contributed by atoms with van der Waals surface area (Å²) in [5.74, 6) is -1.21. The number of carboxylic acids is 1.